The van der Waals surface area contributed by atoms with Crippen molar-refractivity contribution in [1.82, 2.24) is 4.90 Å². The van der Waals surface area contributed by atoms with Gasteiger partial charge in [0.15, 0.2) is 0 Å². The Balaban J connectivity index is 1.44. The quantitative estimate of drug-likeness (QED) is 0.852. The number of rotatable bonds is 4. The average Bonchev–Trinajstić information content (AvgIpc) is 2.75. The van der Waals surface area contributed by atoms with Crippen molar-refractivity contribution < 1.29 is 9.59 Å². The molecular weight excluding hydrogens is 362 g/mol. The van der Waals surface area contributed by atoms with E-state index in [-0.39, 0.29) is 24.3 Å². The number of carbonyl (C=O) groups excluding carboxylic acids is 2. The second kappa shape index (κ2) is 8.68. The molecule has 1 atom stereocenters. The summed E-state index contributed by atoms with van der Waals surface area (Å²) in [5.74, 6) is -0.0492. The van der Waals surface area contributed by atoms with Gasteiger partial charge >= 0.3 is 0 Å². The van der Waals surface area contributed by atoms with Crippen molar-refractivity contribution in [2.24, 2.45) is 0 Å². The second-order valence-corrected chi connectivity index (χ2v) is 8.02. The summed E-state index contributed by atoms with van der Waals surface area (Å²) in [6.45, 7) is 4.45. The minimum atomic E-state index is -0.204. The number of benzene rings is 2. The first kappa shape index (κ1) is 19.5. The van der Waals surface area contributed by atoms with E-state index in [0.717, 1.165) is 30.8 Å². The third kappa shape index (κ3) is 4.44. The molecule has 1 saturated heterocycles. The average molecular weight is 392 g/mol. The second-order valence-electron chi connectivity index (χ2n) is 8.02. The molecule has 0 radical (unpaired) electrons. The minimum absolute atomic E-state index is 0.0168. The molecule has 0 saturated carbocycles. The van der Waals surface area contributed by atoms with Gasteiger partial charge in [0.25, 0.3) is 0 Å². The van der Waals surface area contributed by atoms with Crippen molar-refractivity contribution in [2.75, 3.05) is 29.9 Å². The van der Waals surface area contributed by atoms with E-state index in [1.807, 2.05) is 35.2 Å². The van der Waals surface area contributed by atoms with Crippen LogP contribution in [0.3, 0.4) is 0 Å². The van der Waals surface area contributed by atoms with Crippen LogP contribution in [-0.4, -0.2) is 36.3 Å². The number of carbonyl (C=O) groups is 2. The Morgan fingerprint density at radius 2 is 1.69 bits per heavy atom. The van der Waals surface area contributed by atoms with Crippen LogP contribution in [0.4, 0.5) is 11.4 Å². The highest BCUT2D eigenvalue weighted by molar-refractivity contribution is 5.92. The van der Waals surface area contributed by atoms with Gasteiger partial charge in [0.05, 0.1) is 12.5 Å². The number of nitrogens with one attached hydrogen (secondary N) is 1. The summed E-state index contributed by atoms with van der Waals surface area (Å²) in [4.78, 5) is 29.1. The minimum Gasteiger partial charge on any atom is -0.372 e. The molecule has 0 bridgehead atoms. The van der Waals surface area contributed by atoms with Gasteiger partial charge in [0.1, 0.15) is 0 Å². The normalized spacial score (nSPS) is 18.9. The van der Waals surface area contributed by atoms with Gasteiger partial charge in [-0.3, -0.25) is 9.59 Å². The zero-order valence-electron chi connectivity index (χ0n) is 17.1. The SMILES string of the molecule is CC(=O)N1CCc2ccccc2C1CC(=O)Nc1ccc(N2CCCCC2)cc1. The summed E-state index contributed by atoms with van der Waals surface area (Å²) in [5.41, 5.74) is 4.33. The molecule has 0 spiro atoms. The third-order valence-electron chi connectivity index (χ3n) is 6.07. The fourth-order valence-electron chi connectivity index (χ4n) is 4.54. The van der Waals surface area contributed by atoms with Crippen LogP contribution in [0, 0.1) is 0 Å². The van der Waals surface area contributed by atoms with E-state index >= 15 is 0 Å². The summed E-state index contributed by atoms with van der Waals surface area (Å²) in [6.07, 6.45) is 4.91. The Bertz CT molecular complexity index is 872. The predicted molar refractivity (Wildman–Crippen MR) is 116 cm³/mol. The van der Waals surface area contributed by atoms with Crippen LogP contribution in [-0.2, 0) is 16.0 Å². The van der Waals surface area contributed by atoms with Crippen LogP contribution in [0.25, 0.3) is 0 Å². The highest BCUT2D eigenvalue weighted by Gasteiger charge is 2.30. The molecule has 1 N–H and O–H groups in total. The molecule has 4 rings (SSSR count). The molecule has 0 aromatic heterocycles. The predicted octanol–water partition coefficient (Wildman–Crippen LogP) is 4.15. The standard InChI is InChI=1S/C24H29N3O2/c1-18(28)27-16-13-19-7-3-4-8-22(19)23(27)17-24(29)25-20-9-11-21(12-10-20)26-14-5-2-6-15-26/h3-4,7-12,23H,2,5-6,13-17H2,1H3,(H,25,29). The van der Waals surface area contributed by atoms with Gasteiger partial charge in [-0.2, -0.15) is 0 Å². The van der Waals surface area contributed by atoms with Crippen LogP contribution in [0.2, 0.25) is 0 Å². The van der Waals surface area contributed by atoms with Crippen LogP contribution in [0.15, 0.2) is 48.5 Å². The number of piperidine rings is 1. The maximum atomic E-state index is 12.8. The molecule has 2 heterocycles. The van der Waals surface area contributed by atoms with E-state index in [0.29, 0.717) is 6.54 Å². The number of nitrogens with zero attached hydrogens (tertiary/aromatic N) is 2. The maximum Gasteiger partial charge on any atom is 0.226 e. The Morgan fingerprint density at radius 1 is 0.966 bits per heavy atom. The lowest BCUT2D eigenvalue weighted by Gasteiger charge is -2.36. The molecule has 152 valence electrons. The molecule has 2 aliphatic rings. The fourth-order valence-corrected chi connectivity index (χ4v) is 4.54. The van der Waals surface area contributed by atoms with Crippen molar-refractivity contribution in [3.05, 3.63) is 59.7 Å². The molecule has 5 nitrogen and oxygen atoms in total. The zero-order valence-corrected chi connectivity index (χ0v) is 17.1. The summed E-state index contributed by atoms with van der Waals surface area (Å²) in [5, 5.41) is 3.01. The number of fused-ring (bicyclic) bond motifs is 1. The van der Waals surface area contributed by atoms with Crippen LogP contribution in [0.5, 0.6) is 0 Å². The third-order valence-corrected chi connectivity index (χ3v) is 6.07. The van der Waals surface area contributed by atoms with Gasteiger partial charge < -0.3 is 15.1 Å². The van der Waals surface area contributed by atoms with Gasteiger partial charge in [-0.1, -0.05) is 24.3 Å². The Kier molecular flexibility index (Phi) is 5.84. The van der Waals surface area contributed by atoms with E-state index < -0.39 is 0 Å². The van der Waals surface area contributed by atoms with Crippen molar-refractivity contribution in [2.45, 2.75) is 45.1 Å². The highest BCUT2D eigenvalue weighted by Crippen LogP contribution is 2.32. The molecule has 2 aliphatic heterocycles. The van der Waals surface area contributed by atoms with Gasteiger partial charge in [-0.05, 0) is 61.1 Å². The summed E-state index contributed by atoms with van der Waals surface area (Å²) in [6, 6.07) is 16.0. The van der Waals surface area contributed by atoms with E-state index in [1.54, 1.807) is 6.92 Å². The number of amides is 2. The molecule has 1 fully saturated rings. The van der Waals surface area contributed by atoms with Gasteiger partial charge in [0.2, 0.25) is 11.8 Å². The summed E-state index contributed by atoms with van der Waals surface area (Å²) < 4.78 is 0. The lowest BCUT2D eigenvalue weighted by atomic mass is 9.90. The first-order chi connectivity index (χ1) is 14.1. The highest BCUT2D eigenvalue weighted by atomic mass is 16.2. The molecule has 0 aliphatic carbocycles. The van der Waals surface area contributed by atoms with E-state index in [2.05, 4.69) is 28.4 Å². The lowest BCUT2D eigenvalue weighted by molar-refractivity contribution is -0.132. The first-order valence-corrected chi connectivity index (χ1v) is 10.6. The largest absolute Gasteiger partial charge is 0.372 e. The molecule has 2 aromatic rings. The number of hydrogen-bond acceptors (Lipinski definition) is 3. The van der Waals surface area contributed by atoms with Crippen LogP contribution < -0.4 is 10.2 Å². The van der Waals surface area contributed by atoms with E-state index in [9.17, 15) is 9.59 Å². The lowest BCUT2D eigenvalue weighted by Crippen LogP contribution is -2.40. The van der Waals surface area contributed by atoms with Crippen molar-refractivity contribution in [3.63, 3.8) is 0 Å². The molecule has 1 unspecified atom stereocenters. The van der Waals surface area contributed by atoms with E-state index in [1.165, 1.54) is 30.5 Å². The maximum absolute atomic E-state index is 12.8. The van der Waals surface area contributed by atoms with Gasteiger partial charge in [-0.25, -0.2) is 0 Å². The molecule has 29 heavy (non-hydrogen) atoms. The monoisotopic (exact) mass is 391 g/mol. The van der Waals surface area contributed by atoms with Crippen LogP contribution >= 0.6 is 0 Å². The van der Waals surface area contributed by atoms with E-state index in [4.69, 9.17) is 0 Å². The van der Waals surface area contributed by atoms with Crippen molar-refractivity contribution >= 4 is 23.2 Å². The van der Waals surface area contributed by atoms with Gasteiger partial charge in [-0.15, -0.1) is 0 Å². The van der Waals surface area contributed by atoms with Crippen molar-refractivity contribution in [1.29, 1.82) is 0 Å². The Labute approximate surface area is 172 Å². The summed E-state index contributed by atoms with van der Waals surface area (Å²) >= 11 is 0. The topological polar surface area (TPSA) is 52.7 Å². The van der Waals surface area contributed by atoms with Crippen molar-refractivity contribution in [3.8, 4) is 0 Å². The fraction of sp³-hybridized carbons (Fsp3) is 0.417. The Morgan fingerprint density at radius 3 is 2.41 bits per heavy atom. The van der Waals surface area contributed by atoms with Gasteiger partial charge in [0, 0.05) is 37.9 Å². The molecule has 2 aromatic carbocycles. The van der Waals surface area contributed by atoms with Crippen LogP contribution in [0.1, 0.15) is 49.8 Å². The number of anilines is 2. The molecular formula is C24H29N3O2. The first-order valence-electron chi connectivity index (χ1n) is 10.6. The smallest absolute Gasteiger partial charge is 0.226 e. The summed E-state index contributed by atoms with van der Waals surface area (Å²) in [7, 11) is 0. The number of hydrogen-bond donors (Lipinski definition) is 1. The zero-order chi connectivity index (χ0) is 20.2. The molecule has 2 amide bonds. The molecule has 5 heteroatoms. The Hall–Kier alpha value is -2.82.